The zero-order chi connectivity index (χ0) is 16.7. The van der Waals surface area contributed by atoms with Crippen molar-refractivity contribution in [2.45, 2.75) is 6.04 Å². The summed E-state index contributed by atoms with van der Waals surface area (Å²) in [6.45, 7) is 0.454. The molecule has 2 aliphatic rings. The molecule has 10 heteroatoms. The van der Waals surface area contributed by atoms with Gasteiger partial charge in [-0.3, -0.25) is 9.69 Å². The van der Waals surface area contributed by atoms with Crippen molar-refractivity contribution in [3.8, 4) is 0 Å². The standard InChI is InChI=1S/C13H10Cl3N3O4/c1-22-11-10(18-2-3-23-13(18)21)12(20)19(17-11)9-7(15)4-6(14)5-8(9)16/h4-5,10H,2-3H2,1H3. The molecule has 0 bridgehead atoms. The average molecular weight is 379 g/mol. The maximum absolute atomic E-state index is 12.7. The summed E-state index contributed by atoms with van der Waals surface area (Å²) >= 11 is 18.1. The zero-order valence-corrected chi connectivity index (χ0v) is 14.0. The van der Waals surface area contributed by atoms with Gasteiger partial charge in [-0.05, 0) is 12.1 Å². The molecule has 2 amide bonds. The number of hydrogen-bond donors (Lipinski definition) is 0. The molecule has 2 heterocycles. The second kappa shape index (κ2) is 6.07. The number of methoxy groups -OCH3 is 1. The first-order valence-corrected chi connectivity index (χ1v) is 7.62. The van der Waals surface area contributed by atoms with E-state index in [2.05, 4.69) is 5.10 Å². The maximum atomic E-state index is 12.7. The number of carbonyl (C=O) groups is 2. The monoisotopic (exact) mass is 377 g/mol. The van der Waals surface area contributed by atoms with Gasteiger partial charge >= 0.3 is 6.09 Å². The lowest BCUT2D eigenvalue weighted by Gasteiger charge is -2.21. The van der Waals surface area contributed by atoms with Gasteiger partial charge in [-0.2, -0.15) is 5.01 Å². The zero-order valence-electron chi connectivity index (χ0n) is 11.8. The average Bonchev–Trinajstić information content (AvgIpc) is 3.02. The SMILES string of the molecule is COC1=NN(c2c(Cl)cc(Cl)cc2Cl)C(=O)C1N1CCOC1=O. The van der Waals surface area contributed by atoms with Gasteiger partial charge in [-0.25, -0.2) is 4.79 Å². The molecule has 0 aliphatic carbocycles. The molecule has 2 aliphatic heterocycles. The number of anilines is 1. The Labute approximate surface area is 146 Å². The summed E-state index contributed by atoms with van der Waals surface area (Å²) in [5.41, 5.74) is 0.173. The number of hydrazone groups is 1. The Balaban J connectivity index is 2.01. The highest BCUT2D eigenvalue weighted by molar-refractivity contribution is 6.42. The first kappa shape index (κ1) is 16.2. The van der Waals surface area contributed by atoms with E-state index in [-0.39, 0.29) is 34.8 Å². The second-order valence-corrected chi connectivity index (χ2v) is 5.97. The van der Waals surface area contributed by atoms with Crippen LogP contribution in [0.15, 0.2) is 17.2 Å². The summed E-state index contributed by atoms with van der Waals surface area (Å²) in [6, 6.07) is 1.87. The summed E-state index contributed by atoms with van der Waals surface area (Å²) in [5.74, 6) is -0.470. The van der Waals surface area contributed by atoms with Gasteiger partial charge in [0.15, 0.2) is 6.04 Å². The molecular formula is C13H10Cl3N3O4. The Kier molecular flexibility index (Phi) is 4.27. The summed E-state index contributed by atoms with van der Waals surface area (Å²) in [5, 5.41) is 5.73. The second-order valence-electron chi connectivity index (χ2n) is 4.72. The molecule has 122 valence electrons. The number of benzene rings is 1. The first-order chi connectivity index (χ1) is 10.9. The van der Waals surface area contributed by atoms with Crippen molar-refractivity contribution in [2.24, 2.45) is 5.10 Å². The molecule has 1 atom stereocenters. The Hall–Kier alpha value is -1.70. The van der Waals surface area contributed by atoms with Crippen LogP contribution < -0.4 is 5.01 Å². The molecule has 1 aromatic rings. The van der Waals surface area contributed by atoms with Gasteiger partial charge in [0.1, 0.15) is 12.3 Å². The molecule has 1 fully saturated rings. The third-order valence-corrected chi connectivity index (χ3v) is 4.18. The molecule has 1 unspecified atom stereocenters. The highest BCUT2D eigenvalue weighted by Crippen LogP contribution is 2.39. The number of halogens is 3. The Morgan fingerprint density at radius 1 is 1.26 bits per heavy atom. The van der Waals surface area contributed by atoms with Crippen LogP contribution in [-0.2, 0) is 14.3 Å². The third kappa shape index (κ3) is 2.69. The summed E-state index contributed by atoms with van der Waals surface area (Å²) in [4.78, 5) is 25.7. The Morgan fingerprint density at radius 3 is 2.43 bits per heavy atom. The third-order valence-electron chi connectivity index (χ3n) is 3.38. The number of hydrogen-bond acceptors (Lipinski definition) is 5. The summed E-state index contributed by atoms with van der Waals surface area (Å²) in [6.07, 6.45) is -0.608. The van der Waals surface area contributed by atoms with Crippen LogP contribution in [0.3, 0.4) is 0 Å². The van der Waals surface area contributed by atoms with Crippen LogP contribution in [0.5, 0.6) is 0 Å². The van der Waals surface area contributed by atoms with Crippen LogP contribution in [0.25, 0.3) is 0 Å². The van der Waals surface area contributed by atoms with Gasteiger partial charge in [-0.15, -0.1) is 5.10 Å². The van der Waals surface area contributed by atoms with Crippen LogP contribution in [-0.4, -0.2) is 49.1 Å². The predicted molar refractivity (Wildman–Crippen MR) is 85.2 cm³/mol. The number of nitrogens with zero attached hydrogens (tertiary/aromatic N) is 3. The lowest BCUT2D eigenvalue weighted by atomic mass is 10.2. The first-order valence-electron chi connectivity index (χ1n) is 6.48. The normalized spacial score (nSPS) is 20.9. The van der Waals surface area contributed by atoms with E-state index in [0.29, 0.717) is 5.02 Å². The molecule has 1 saturated heterocycles. The number of ether oxygens (including phenoxy) is 2. The van der Waals surface area contributed by atoms with Crippen molar-refractivity contribution >= 4 is 58.4 Å². The Bertz CT molecular complexity index is 701. The highest BCUT2D eigenvalue weighted by Gasteiger charge is 2.47. The molecule has 7 nitrogen and oxygen atoms in total. The minimum Gasteiger partial charge on any atom is -0.481 e. The fourth-order valence-electron chi connectivity index (χ4n) is 2.38. The van der Waals surface area contributed by atoms with Gasteiger partial charge < -0.3 is 9.47 Å². The van der Waals surface area contributed by atoms with E-state index >= 15 is 0 Å². The van der Waals surface area contributed by atoms with Crippen molar-refractivity contribution < 1.29 is 19.1 Å². The van der Waals surface area contributed by atoms with Gasteiger partial charge in [0.05, 0.1) is 23.7 Å². The van der Waals surface area contributed by atoms with Crippen molar-refractivity contribution in [2.75, 3.05) is 25.3 Å². The van der Waals surface area contributed by atoms with Gasteiger partial charge in [0.25, 0.3) is 5.91 Å². The van der Waals surface area contributed by atoms with E-state index in [9.17, 15) is 9.59 Å². The molecule has 23 heavy (non-hydrogen) atoms. The smallest absolute Gasteiger partial charge is 0.411 e. The van der Waals surface area contributed by atoms with Crippen molar-refractivity contribution in [1.29, 1.82) is 0 Å². The van der Waals surface area contributed by atoms with Crippen molar-refractivity contribution in [3.63, 3.8) is 0 Å². The fourth-order valence-corrected chi connectivity index (χ4v) is 3.36. The minimum atomic E-state index is -1.02. The summed E-state index contributed by atoms with van der Waals surface area (Å²) < 4.78 is 10.00. The van der Waals surface area contributed by atoms with E-state index in [1.165, 1.54) is 24.1 Å². The van der Waals surface area contributed by atoms with E-state index in [1.807, 2.05) is 0 Å². The van der Waals surface area contributed by atoms with Crippen LogP contribution in [0, 0.1) is 0 Å². The van der Waals surface area contributed by atoms with Gasteiger partial charge in [0.2, 0.25) is 5.90 Å². The summed E-state index contributed by atoms with van der Waals surface area (Å²) in [7, 11) is 1.36. The van der Waals surface area contributed by atoms with Crippen LogP contribution >= 0.6 is 34.8 Å². The number of amides is 2. The largest absolute Gasteiger partial charge is 0.481 e. The van der Waals surface area contributed by atoms with Gasteiger partial charge in [-0.1, -0.05) is 34.8 Å². The number of carbonyl (C=O) groups excluding carboxylic acids is 2. The van der Waals surface area contributed by atoms with Crippen molar-refractivity contribution in [3.05, 3.63) is 27.2 Å². The molecule has 1 aromatic carbocycles. The number of rotatable bonds is 2. The van der Waals surface area contributed by atoms with E-state index in [4.69, 9.17) is 44.3 Å². The molecule has 0 radical (unpaired) electrons. The predicted octanol–water partition coefficient (Wildman–Crippen LogP) is 2.77. The van der Waals surface area contributed by atoms with Crippen LogP contribution in [0.4, 0.5) is 10.5 Å². The van der Waals surface area contributed by atoms with Crippen LogP contribution in [0.2, 0.25) is 15.1 Å². The van der Waals surface area contributed by atoms with E-state index in [0.717, 1.165) is 5.01 Å². The van der Waals surface area contributed by atoms with Crippen LogP contribution in [0.1, 0.15) is 0 Å². The lowest BCUT2D eigenvalue weighted by molar-refractivity contribution is -0.120. The van der Waals surface area contributed by atoms with Crippen molar-refractivity contribution in [1.82, 2.24) is 4.90 Å². The molecule has 0 N–H and O–H groups in total. The minimum absolute atomic E-state index is 0.0518. The topological polar surface area (TPSA) is 71.4 Å². The highest BCUT2D eigenvalue weighted by atomic mass is 35.5. The lowest BCUT2D eigenvalue weighted by Crippen LogP contribution is -2.47. The quantitative estimate of drug-likeness (QED) is 0.793. The maximum Gasteiger partial charge on any atom is 0.411 e. The van der Waals surface area contributed by atoms with E-state index < -0.39 is 18.0 Å². The molecular weight excluding hydrogens is 369 g/mol. The number of cyclic esters (lactones) is 1. The molecule has 3 rings (SSSR count). The fraction of sp³-hybridized carbons (Fsp3) is 0.308. The molecule has 0 spiro atoms. The van der Waals surface area contributed by atoms with E-state index in [1.54, 1.807) is 0 Å². The molecule has 0 aromatic heterocycles. The van der Waals surface area contributed by atoms with Gasteiger partial charge in [0, 0.05) is 5.02 Å². The molecule has 0 saturated carbocycles. The Morgan fingerprint density at radius 2 is 1.91 bits per heavy atom.